The highest BCUT2D eigenvalue weighted by Crippen LogP contribution is 2.45. The minimum absolute atomic E-state index is 0.504. The SMILES string of the molecule is C[C@H](Cn1ccnc1)NCC1(CN2CCN(C)CC2)CC1. The topological polar surface area (TPSA) is 36.3 Å². The first-order valence-corrected chi connectivity index (χ1v) is 8.25. The molecular formula is C16H29N5. The number of piperazine rings is 1. The molecule has 0 radical (unpaired) electrons. The molecule has 5 nitrogen and oxygen atoms in total. The van der Waals surface area contributed by atoms with Crippen molar-refractivity contribution in [3.05, 3.63) is 18.7 Å². The largest absolute Gasteiger partial charge is 0.336 e. The van der Waals surface area contributed by atoms with Crippen molar-refractivity contribution < 1.29 is 0 Å². The Bertz CT molecular complexity index is 418. The average molecular weight is 291 g/mol. The molecule has 1 saturated carbocycles. The highest BCUT2D eigenvalue weighted by atomic mass is 15.3. The number of aromatic nitrogens is 2. The van der Waals surface area contributed by atoms with Crippen LogP contribution in [0.25, 0.3) is 0 Å². The second-order valence-electron chi connectivity index (χ2n) is 7.12. The molecule has 1 aromatic rings. The molecule has 0 bridgehead atoms. The Morgan fingerprint density at radius 2 is 2.00 bits per heavy atom. The zero-order valence-corrected chi connectivity index (χ0v) is 13.5. The van der Waals surface area contributed by atoms with E-state index in [9.17, 15) is 0 Å². The molecule has 5 heteroatoms. The van der Waals surface area contributed by atoms with E-state index in [4.69, 9.17) is 0 Å². The number of nitrogens with zero attached hydrogens (tertiary/aromatic N) is 4. The van der Waals surface area contributed by atoms with E-state index in [1.807, 2.05) is 18.7 Å². The van der Waals surface area contributed by atoms with Gasteiger partial charge in [-0.1, -0.05) is 0 Å². The minimum atomic E-state index is 0.504. The lowest BCUT2D eigenvalue weighted by Crippen LogP contribution is -2.48. The van der Waals surface area contributed by atoms with Crippen LogP contribution in [0.3, 0.4) is 0 Å². The molecule has 2 aliphatic rings. The number of rotatable bonds is 7. The van der Waals surface area contributed by atoms with Crippen molar-refractivity contribution in [2.75, 3.05) is 46.3 Å². The molecule has 3 rings (SSSR count). The Labute approximate surface area is 128 Å². The molecule has 0 unspecified atom stereocenters. The Hall–Kier alpha value is -0.910. The highest BCUT2D eigenvalue weighted by molar-refractivity contribution is 4.98. The maximum absolute atomic E-state index is 4.10. The van der Waals surface area contributed by atoms with Crippen molar-refractivity contribution in [3.8, 4) is 0 Å². The molecule has 1 aromatic heterocycles. The molecule has 0 amide bonds. The number of hydrogen-bond acceptors (Lipinski definition) is 4. The van der Waals surface area contributed by atoms with Crippen LogP contribution in [0.2, 0.25) is 0 Å². The summed E-state index contributed by atoms with van der Waals surface area (Å²) in [6, 6.07) is 0.504. The Balaban J connectivity index is 1.40. The van der Waals surface area contributed by atoms with Crippen LogP contribution in [-0.2, 0) is 6.54 Å². The normalized spacial score (nSPS) is 24.1. The van der Waals surface area contributed by atoms with Crippen LogP contribution in [0.5, 0.6) is 0 Å². The minimum Gasteiger partial charge on any atom is -0.336 e. The van der Waals surface area contributed by atoms with Gasteiger partial charge in [-0.3, -0.25) is 0 Å². The molecule has 1 saturated heterocycles. The number of hydrogen-bond donors (Lipinski definition) is 1. The first-order valence-electron chi connectivity index (χ1n) is 8.25. The molecule has 2 fully saturated rings. The van der Waals surface area contributed by atoms with Gasteiger partial charge in [-0.25, -0.2) is 4.98 Å². The van der Waals surface area contributed by atoms with Crippen LogP contribution < -0.4 is 5.32 Å². The third-order valence-corrected chi connectivity index (χ3v) is 4.98. The molecule has 2 heterocycles. The zero-order chi connectivity index (χ0) is 14.7. The van der Waals surface area contributed by atoms with Gasteiger partial charge < -0.3 is 19.7 Å². The lowest BCUT2D eigenvalue weighted by Gasteiger charge is -2.35. The third-order valence-electron chi connectivity index (χ3n) is 4.98. The standard InChI is InChI=1S/C16H29N5/c1-15(11-21-6-5-17-14-21)18-12-16(3-4-16)13-20-9-7-19(2)8-10-20/h5-6,14-15,18H,3-4,7-13H2,1-2H3/t15-/m1/s1. The molecule has 0 spiro atoms. The van der Waals surface area contributed by atoms with Crippen molar-refractivity contribution in [2.45, 2.75) is 32.4 Å². The van der Waals surface area contributed by atoms with Crippen LogP contribution in [0.15, 0.2) is 18.7 Å². The second kappa shape index (κ2) is 6.46. The Kier molecular flexibility index (Phi) is 4.62. The van der Waals surface area contributed by atoms with E-state index >= 15 is 0 Å². The fourth-order valence-electron chi connectivity index (χ4n) is 3.21. The monoisotopic (exact) mass is 291 g/mol. The van der Waals surface area contributed by atoms with Crippen LogP contribution in [0, 0.1) is 5.41 Å². The smallest absolute Gasteiger partial charge is 0.0946 e. The summed E-state index contributed by atoms with van der Waals surface area (Å²) in [5.74, 6) is 0. The summed E-state index contributed by atoms with van der Waals surface area (Å²) in [7, 11) is 2.23. The molecule has 1 atom stereocenters. The van der Waals surface area contributed by atoms with E-state index in [0.717, 1.165) is 13.1 Å². The summed E-state index contributed by atoms with van der Waals surface area (Å²) in [6.45, 7) is 10.6. The van der Waals surface area contributed by atoms with E-state index in [0.29, 0.717) is 11.5 Å². The van der Waals surface area contributed by atoms with Crippen LogP contribution in [0.1, 0.15) is 19.8 Å². The highest BCUT2D eigenvalue weighted by Gasteiger charge is 2.43. The fourth-order valence-corrected chi connectivity index (χ4v) is 3.21. The van der Waals surface area contributed by atoms with Crippen molar-refractivity contribution in [1.82, 2.24) is 24.7 Å². The first kappa shape index (κ1) is 15.0. The molecule has 21 heavy (non-hydrogen) atoms. The van der Waals surface area contributed by atoms with Crippen molar-refractivity contribution >= 4 is 0 Å². The summed E-state index contributed by atoms with van der Waals surface area (Å²) in [6.07, 6.45) is 8.57. The van der Waals surface area contributed by atoms with E-state index in [1.165, 1.54) is 45.6 Å². The predicted octanol–water partition coefficient (Wildman–Crippen LogP) is 0.889. The summed E-state index contributed by atoms with van der Waals surface area (Å²) in [4.78, 5) is 9.20. The van der Waals surface area contributed by atoms with Gasteiger partial charge >= 0.3 is 0 Å². The number of likely N-dealkylation sites (N-methyl/N-ethyl adjacent to an activating group) is 1. The van der Waals surface area contributed by atoms with Crippen molar-refractivity contribution in [2.24, 2.45) is 5.41 Å². The van der Waals surface area contributed by atoms with Gasteiger partial charge in [0.25, 0.3) is 0 Å². The second-order valence-corrected chi connectivity index (χ2v) is 7.12. The number of imidazole rings is 1. The Morgan fingerprint density at radius 3 is 2.62 bits per heavy atom. The summed E-state index contributed by atoms with van der Waals surface area (Å²) in [5.41, 5.74) is 0.555. The van der Waals surface area contributed by atoms with Crippen LogP contribution in [-0.4, -0.2) is 71.7 Å². The predicted molar refractivity (Wildman–Crippen MR) is 85.3 cm³/mol. The van der Waals surface area contributed by atoms with Crippen LogP contribution >= 0.6 is 0 Å². The van der Waals surface area contributed by atoms with Crippen molar-refractivity contribution in [3.63, 3.8) is 0 Å². The van der Waals surface area contributed by atoms with Gasteiger partial charge in [0.05, 0.1) is 6.33 Å². The van der Waals surface area contributed by atoms with Gasteiger partial charge in [0, 0.05) is 64.2 Å². The maximum atomic E-state index is 4.10. The van der Waals surface area contributed by atoms with E-state index < -0.39 is 0 Å². The maximum Gasteiger partial charge on any atom is 0.0946 e. The summed E-state index contributed by atoms with van der Waals surface area (Å²) >= 11 is 0. The average Bonchev–Trinajstić information content (AvgIpc) is 3.04. The molecule has 1 aliphatic heterocycles. The molecule has 118 valence electrons. The van der Waals surface area contributed by atoms with E-state index in [-0.39, 0.29) is 0 Å². The summed E-state index contributed by atoms with van der Waals surface area (Å²) in [5, 5.41) is 3.74. The van der Waals surface area contributed by atoms with Gasteiger partial charge in [-0.15, -0.1) is 0 Å². The van der Waals surface area contributed by atoms with Crippen LogP contribution in [0.4, 0.5) is 0 Å². The zero-order valence-electron chi connectivity index (χ0n) is 13.5. The molecule has 1 aliphatic carbocycles. The Morgan fingerprint density at radius 1 is 1.24 bits per heavy atom. The van der Waals surface area contributed by atoms with E-state index in [1.54, 1.807) is 0 Å². The molecule has 0 aromatic carbocycles. The fraction of sp³-hybridized carbons (Fsp3) is 0.812. The molecular weight excluding hydrogens is 262 g/mol. The van der Waals surface area contributed by atoms with Crippen molar-refractivity contribution in [1.29, 1.82) is 0 Å². The van der Waals surface area contributed by atoms with Gasteiger partial charge in [-0.05, 0) is 32.2 Å². The lowest BCUT2D eigenvalue weighted by atomic mass is 10.1. The van der Waals surface area contributed by atoms with Gasteiger partial charge in [-0.2, -0.15) is 0 Å². The van der Waals surface area contributed by atoms with Gasteiger partial charge in [0.2, 0.25) is 0 Å². The number of nitrogens with one attached hydrogen (secondary N) is 1. The van der Waals surface area contributed by atoms with Gasteiger partial charge in [0.1, 0.15) is 0 Å². The van der Waals surface area contributed by atoms with E-state index in [2.05, 4.69) is 38.6 Å². The lowest BCUT2D eigenvalue weighted by molar-refractivity contribution is 0.128. The van der Waals surface area contributed by atoms with Gasteiger partial charge in [0.15, 0.2) is 0 Å². The third kappa shape index (κ3) is 4.28. The summed E-state index contributed by atoms with van der Waals surface area (Å²) < 4.78 is 2.15. The quantitative estimate of drug-likeness (QED) is 0.809. The molecule has 1 N–H and O–H groups in total. The first-order chi connectivity index (χ1) is 10.2.